The normalized spacial score (nSPS) is 34.7. The van der Waals surface area contributed by atoms with E-state index in [-0.39, 0.29) is 5.60 Å². The Labute approximate surface area is 112 Å². The second kappa shape index (κ2) is 4.79. The summed E-state index contributed by atoms with van der Waals surface area (Å²) in [6.45, 7) is 3.23. The van der Waals surface area contributed by atoms with Crippen molar-refractivity contribution in [2.75, 3.05) is 6.54 Å². The van der Waals surface area contributed by atoms with Gasteiger partial charge in [-0.25, -0.2) is 0 Å². The fourth-order valence-electron chi connectivity index (χ4n) is 4.32. The predicted molar refractivity (Wildman–Crippen MR) is 74.4 cm³/mol. The summed E-state index contributed by atoms with van der Waals surface area (Å²) in [7, 11) is 0. The molecule has 0 amide bonds. The van der Waals surface area contributed by atoms with Crippen LogP contribution in [0.1, 0.15) is 71.1 Å². The zero-order valence-electron chi connectivity index (χ0n) is 11.9. The van der Waals surface area contributed by atoms with Crippen molar-refractivity contribution in [3.63, 3.8) is 0 Å². The highest BCUT2D eigenvalue weighted by molar-refractivity contribution is 4.97. The SMILES string of the molecule is CC(CN)(CC1CCC2(CCCCC2)O1)C1CC1. The largest absolute Gasteiger partial charge is 0.372 e. The molecule has 18 heavy (non-hydrogen) atoms. The van der Waals surface area contributed by atoms with Gasteiger partial charge in [0.25, 0.3) is 0 Å². The van der Waals surface area contributed by atoms with Crippen LogP contribution in [0.2, 0.25) is 0 Å². The molecular formula is C16H29NO. The van der Waals surface area contributed by atoms with E-state index < -0.39 is 0 Å². The summed E-state index contributed by atoms with van der Waals surface area (Å²) in [6, 6.07) is 0. The molecule has 3 aliphatic rings. The molecule has 2 heteroatoms. The van der Waals surface area contributed by atoms with Crippen LogP contribution in [0.25, 0.3) is 0 Å². The van der Waals surface area contributed by atoms with Crippen molar-refractivity contribution in [2.45, 2.75) is 82.8 Å². The fraction of sp³-hybridized carbons (Fsp3) is 1.00. The Morgan fingerprint density at radius 3 is 2.44 bits per heavy atom. The molecule has 0 radical (unpaired) electrons. The Morgan fingerprint density at radius 2 is 1.83 bits per heavy atom. The molecular weight excluding hydrogens is 222 g/mol. The van der Waals surface area contributed by atoms with Gasteiger partial charge < -0.3 is 10.5 Å². The van der Waals surface area contributed by atoms with Gasteiger partial charge in [-0.15, -0.1) is 0 Å². The Balaban J connectivity index is 1.58. The van der Waals surface area contributed by atoms with Gasteiger partial charge in [-0.05, 0) is 62.8 Å². The zero-order valence-corrected chi connectivity index (χ0v) is 11.9. The smallest absolute Gasteiger partial charge is 0.0687 e. The lowest BCUT2D eigenvalue weighted by Crippen LogP contribution is -2.36. The van der Waals surface area contributed by atoms with E-state index in [1.54, 1.807) is 0 Å². The molecule has 104 valence electrons. The van der Waals surface area contributed by atoms with Crippen molar-refractivity contribution in [3.8, 4) is 0 Å². The van der Waals surface area contributed by atoms with E-state index >= 15 is 0 Å². The van der Waals surface area contributed by atoms with Crippen LogP contribution in [-0.2, 0) is 4.74 Å². The second-order valence-electron chi connectivity index (χ2n) is 7.36. The minimum Gasteiger partial charge on any atom is -0.372 e. The Hall–Kier alpha value is -0.0800. The van der Waals surface area contributed by atoms with E-state index in [9.17, 15) is 0 Å². The first-order chi connectivity index (χ1) is 8.66. The average Bonchev–Trinajstić information content (AvgIpc) is 3.17. The van der Waals surface area contributed by atoms with Crippen LogP contribution in [0.4, 0.5) is 0 Å². The first-order valence-electron chi connectivity index (χ1n) is 8.04. The third kappa shape index (κ3) is 2.46. The maximum Gasteiger partial charge on any atom is 0.0687 e. The van der Waals surface area contributed by atoms with Gasteiger partial charge in [0.05, 0.1) is 11.7 Å². The molecule has 3 rings (SSSR count). The number of nitrogens with two attached hydrogens (primary N) is 1. The Morgan fingerprint density at radius 1 is 1.11 bits per heavy atom. The van der Waals surface area contributed by atoms with E-state index in [0.717, 1.165) is 12.5 Å². The van der Waals surface area contributed by atoms with Crippen molar-refractivity contribution >= 4 is 0 Å². The molecule has 2 N–H and O–H groups in total. The van der Waals surface area contributed by atoms with E-state index in [1.807, 2.05) is 0 Å². The van der Waals surface area contributed by atoms with Crippen molar-refractivity contribution < 1.29 is 4.74 Å². The third-order valence-electron chi connectivity index (χ3n) is 5.83. The highest BCUT2D eigenvalue weighted by atomic mass is 16.5. The summed E-state index contributed by atoms with van der Waals surface area (Å²) in [6.07, 6.45) is 13.9. The quantitative estimate of drug-likeness (QED) is 0.828. The Kier molecular flexibility index (Phi) is 3.44. The number of hydrogen-bond acceptors (Lipinski definition) is 2. The number of hydrogen-bond donors (Lipinski definition) is 1. The predicted octanol–water partition coefficient (Wildman–Crippen LogP) is 3.63. The molecule has 1 spiro atoms. The molecule has 2 atom stereocenters. The van der Waals surface area contributed by atoms with Gasteiger partial charge in [-0.1, -0.05) is 26.2 Å². The van der Waals surface area contributed by atoms with E-state index in [1.165, 1.54) is 64.2 Å². The summed E-state index contributed by atoms with van der Waals surface area (Å²) >= 11 is 0. The first kappa shape index (κ1) is 12.9. The molecule has 0 aromatic heterocycles. The van der Waals surface area contributed by atoms with Crippen LogP contribution in [-0.4, -0.2) is 18.2 Å². The molecule has 2 aliphatic carbocycles. The summed E-state index contributed by atoms with van der Waals surface area (Å²) in [4.78, 5) is 0. The third-order valence-corrected chi connectivity index (χ3v) is 5.83. The van der Waals surface area contributed by atoms with Gasteiger partial charge in [-0.2, -0.15) is 0 Å². The van der Waals surface area contributed by atoms with Gasteiger partial charge >= 0.3 is 0 Å². The van der Waals surface area contributed by atoms with E-state index in [4.69, 9.17) is 10.5 Å². The first-order valence-corrected chi connectivity index (χ1v) is 8.04. The van der Waals surface area contributed by atoms with E-state index in [0.29, 0.717) is 11.5 Å². The van der Waals surface area contributed by atoms with Crippen molar-refractivity contribution in [2.24, 2.45) is 17.1 Å². The highest BCUT2D eigenvalue weighted by Crippen LogP contribution is 2.51. The molecule has 1 aliphatic heterocycles. The minimum atomic E-state index is 0.280. The molecule has 0 bridgehead atoms. The van der Waals surface area contributed by atoms with Crippen molar-refractivity contribution in [3.05, 3.63) is 0 Å². The van der Waals surface area contributed by atoms with Gasteiger partial charge in [0, 0.05) is 0 Å². The number of rotatable bonds is 4. The molecule has 2 saturated carbocycles. The van der Waals surface area contributed by atoms with Gasteiger partial charge in [0.15, 0.2) is 0 Å². The molecule has 2 unspecified atom stereocenters. The second-order valence-corrected chi connectivity index (χ2v) is 7.36. The summed E-state index contributed by atoms with van der Waals surface area (Å²) < 4.78 is 6.51. The summed E-state index contributed by atoms with van der Waals surface area (Å²) in [5.74, 6) is 0.883. The van der Waals surface area contributed by atoms with Crippen LogP contribution < -0.4 is 5.73 Å². The number of ether oxygens (including phenoxy) is 1. The lowest BCUT2D eigenvalue weighted by atomic mass is 9.79. The van der Waals surface area contributed by atoms with Crippen molar-refractivity contribution in [1.82, 2.24) is 0 Å². The van der Waals surface area contributed by atoms with E-state index in [2.05, 4.69) is 6.92 Å². The molecule has 2 nitrogen and oxygen atoms in total. The molecule has 3 fully saturated rings. The van der Waals surface area contributed by atoms with Crippen LogP contribution in [0.15, 0.2) is 0 Å². The molecule has 1 heterocycles. The fourth-order valence-corrected chi connectivity index (χ4v) is 4.32. The van der Waals surface area contributed by atoms with Gasteiger partial charge in [-0.3, -0.25) is 0 Å². The average molecular weight is 251 g/mol. The Bertz CT molecular complexity index is 293. The van der Waals surface area contributed by atoms with Crippen molar-refractivity contribution in [1.29, 1.82) is 0 Å². The standard InChI is InChI=1S/C16H29NO/c1-15(12-17,13-5-6-13)11-14-7-10-16(18-14)8-3-2-4-9-16/h13-14H,2-12,17H2,1H3. The lowest BCUT2D eigenvalue weighted by molar-refractivity contribution is -0.0768. The van der Waals surface area contributed by atoms with Gasteiger partial charge in [0.2, 0.25) is 0 Å². The lowest BCUT2D eigenvalue weighted by Gasteiger charge is -2.35. The van der Waals surface area contributed by atoms with Gasteiger partial charge in [0.1, 0.15) is 0 Å². The maximum absolute atomic E-state index is 6.51. The minimum absolute atomic E-state index is 0.280. The zero-order chi connectivity index (χ0) is 12.6. The maximum atomic E-state index is 6.51. The topological polar surface area (TPSA) is 35.2 Å². The highest BCUT2D eigenvalue weighted by Gasteiger charge is 2.46. The van der Waals surface area contributed by atoms with Crippen LogP contribution in [0.5, 0.6) is 0 Å². The van der Waals surface area contributed by atoms with Crippen LogP contribution >= 0.6 is 0 Å². The van der Waals surface area contributed by atoms with Crippen LogP contribution in [0.3, 0.4) is 0 Å². The molecule has 0 aromatic rings. The summed E-state index contributed by atoms with van der Waals surface area (Å²) in [5, 5.41) is 0. The van der Waals surface area contributed by atoms with Crippen LogP contribution in [0, 0.1) is 11.3 Å². The summed E-state index contributed by atoms with van der Waals surface area (Å²) in [5.41, 5.74) is 6.67. The monoisotopic (exact) mass is 251 g/mol. The molecule has 1 saturated heterocycles. The molecule has 0 aromatic carbocycles.